The molecule has 6 heteroatoms. The first-order valence-corrected chi connectivity index (χ1v) is 11.1. The number of benzene rings is 2. The van der Waals surface area contributed by atoms with Gasteiger partial charge in [0.05, 0.1) is 12.1 Å². The number of hydrogen-bond donors (Lipinski definition) is 1. The Hall–Kier alpha value is -2.70. The maximum Gasteiger partial charge on any atom is 0.255 e. The Morgan fingerprint density at radius 3 is 2.48 bits per heavy atom. The molecule has 31 heavy (non-hydrogen) atoms. The number of nitrogens with zero attached hydrogens (tertiary/aromatic N) is 2. The maximum absolute atomic E-state index is 12.7. The predicted molar refractivity (Wildman–Crippen MR) is 122 cm³/mol. The second kappa shape index (κ2) is 9.20. The van der Waals surface area contributed by atoms with Crippen LogP contribution in [0, 0.1) is 0 Å². The van der Waals surface area contributed by atoms with Crippen LogP contribution in [0.1, 0.15) is 32.3 Å². The van der Waals surface area contributed by atoms with Crippen LogP contribution in [0.4, 0.5) is 11.4 Å². The normalized spacial score (nSPS) is 21.3. The van der Waals surface area contributed by atoms with E-state index in [0.717, 1.165) is 55.8 Å². The van der Waals surface area contributed by atoms with Gasteiger partial charge in [0.2, 0.25) is 5.91 Å². The number of likely N-dealkylation sites (tertiary alicyclic amines) is 1. The Balaban J connectivity index is 1.37. The van der Waals surface area contributed by atoms with Gasteiger partial charge in [-0.1, -0.05) is 36.4 Å². The lowest BCUT2D eigenvalue weighted by atomic mass is 9.88. The molecule has 2 aliphatic rings. The molecule has 1 unspecified atom stereocenters. The molecule has 1 spiro atoms. The van der Waals surface area contributed by atoms with Crippen molar-refractivity contribution in [1.29, 1.82) is 0 Å². The number of ether oxygens (including phenoxy) is 1. The topological polar surface area (TPSA) is 61.9 Å². The summed E-state index contributed by atoms with van der Waals surface area (Å²) in [4.78, 5) is 28.6. The average Bonchev–Trinajstić information content (AvgIpc) is 2.77. The fraction of sp³-hybridized carbons (Fsp3) is 0.440. The fourth-order valence-corrected chi connectivity index (χ4v) is 4.66. The third-order valence-electron chi connectivity index (χ3n) is 6.35. The van der Waals surface area contributed by atoms with E-state index >= 15 is 0 Å². The van der Waals surface area contributed by atoms with Crippen LogP contribution in [-0.4, -0.2) is 54.6 Å². The number of para-hydroxylation sites is 2. The van der Waals surface area contributed by atoms with Crippen LogP contribution in [0.15, 0.2) is 54.6 Å². The van der Waals surface area contributed by atoms with Crippen molar-refractivity contribution in [2.24, 2.45) is 0 Å². The summed E-state index contributed by atoms with van der Waals surface area (Å²) in [5.74, 6) is -0.0118. The smallest absolute Gasteiger partial charge is 0.255 e. The van der Waals surface area contributed by atoms with Gasteiger partial charge in [-0.2, -0.15) is 0 Å². The van der Waals surface area contributed by atoms with Crippen LogP contribution in [-0.2, 0) is 20.7 Å². The zero-order chi connectivity index (χ0) is 21.8. The molecule has 6 nitrogen and oxygen atoms in total. The van der Waals surface area contributed by atoms with Crippen molar-refractivity contribution in [3.63, 3.8) is 0 Å². The molecule has 164 valence electrons. The SMILES string of the molecule is CC(=O)Nc1ccccc1CCN1CCC2(CC1)CN(c1ccccc1)C(=O)C(C)O2. The van der Waals surface area contributed by atoms with Crippen molar-refractivity contribution in [3.8, 4) is 0 Å². The summed E-state index contributed by atoms with van der Waals surface area (Å²) in [7, 11) is 0. The summed E-state index contributed by atoms with van der Waals surface area (Å²) < 4.78 is 6.29. The van der Waals surface area contributed by atoms with Gasteiger partial charge in [-0.25, -0.2) is 0 Å². The van der Waals surface area contributed by atoms with E-state index in [2.05, 4.69) is 16.3 Å². The Kier molecular flexibility index (Phi) is 6.39. The van der Waals surface area contributed by atoms with Crippen molar-refractivity contribution < 1.29 is 14.3 Å². The first-order chi connectivity index (χ1) is 15.0. The van der Waals surface area contributed by atoms with Crippen LogP contribution in [0.25, 0.3) is 0 Å². The summed E-state index contributed by atoms with van der Waals surface area (Å²) in [5.41, 5.74) is 2.71. The molecule has 0 radical (unpaired) electrons. The number of anilines is 2. The summed E-state index contributed by atoms with van der Waals surface area (Å²) >= 11 is 0. The predicted octanol–water partition coefficient (Wildman–Crippen LogP) is 3.47. The Morgan fingerprint density at radius 2 is 1.77 bits per heavy atom. The molecule has 2 aromatic rings. The number of rotatable bonds is 5. The van der Waals surface area contributed by atoms with E-state index in [1.54, 1.807) is 0 Å². The number of nitrogens with one attached hydrogen (secondary N) is 1. The molecule has 1 N–H and O–H groups in total. The minimum atomic E-state index is -0.426. The fourth-order valence-electron chi connectivity index (χ4n) is 4.66. The number of carbonyl (C=O) groups is 2. The second-order valence-electron chi connectivity index (χ2n) is 8.63. The summed E-state index contributed by atoms with van der Waals surface area (Å²) in [5, 5.41) is 2.92. The largest absolute Gasteiger partial charge is 0.360 e. The van der Waals surface area contributed by atoms with Crippen LogP contribution >= 0.6 is 0 Å². The van der Waals surface area contributed by atoms with Crippen molar-refractivity contribution in [3.05, 3.63) is 60.2 Å². The minimum Gasteiger partial charge on any atom is -0.360 e. The van der Waals surface area contributed by atoms with Gasteiger partial charge < -0.3 is 19.9 Å². The molecular weight excluding hydrogens is 390 g/mol. The molecule has 2 amide bonds. The third kappa shape index (κ3) is 4.97. The molecule has 1 atom stereocenters. The van der Waals surface area contributed by atoms with Crippen molar-refractivity contribution in [1.82, 2.24) is 4.90 Å². The number of hydrogen-bond acceptors (Lipinski definition) is 4. The second-order valence-corrected chi connectivity index (χ2v) is 8.63. The van der Waals surface area contributed by atoms with E-state index in [9.17, 15) is 9.59 Å². The van der Waals surface area contributed by atoms with E-state index in [4.69, 9.17) is 4.74 Å². The van der Waals surface area contributed by atoms with Gasteiger partial charge in [-0.15, -0.1) is 0 Å². The van der Waals surface area contributed by atoms with Crippen LogP contribution in [0.2, 0.25) is 0 Å². The molecule has 0 aliphatic carbocycles. The van der Waals surface area contributed by atoms with E-state index in [0.29, 0.717) is 6.54 Å². The Bertz CT molecular complexity index is 923. The lowest BCUT2D eigenvalue weighted by molar-refractivity contribution is -0.161. The molecule has 2 aliphatic heterocycles. The zero-order valence-corrected chi connectivity index (χ0v) is 18.3. The number of piperidine rings is 1. The summed E-state index contributed by atoms with van der Waals surface area (Å²) in [6, 6.07) is 17.9. The van der Waals surface area contributed by atoms with E-state index in [-0.39, 0.29) is 17.4 Å². The summed E-state index contributed by atoms with van der Waals surface area (Å²) in [6.07, 6.45) is 2.27. The van der Waals surface area contributed by atoms with Gasteiger partial charge in [0.15, 0.2) is 0 Å². The van der Waals surface area contributed by atoms with Gasteiger partial charge >= 0.3 is 0 Å². The van der Waals surface area contributed by atoms with Crippen LogP contribution in [0.5, 0.6) is 0 Å². The van der Waals surface area contributed by atoms with E-state index in [1.807, 2.05) is 60.4 Å². The number of amides is 2. The molecule has 0 saturated carbocycles. The van der Waals surface area contributed by atoms with Crippen molar-refractivity contribution >= 4 is 23.2 Å². The van der Waals surface area contributed by atoms with E-state index < -0.39 is 6.10 Å². The summed E-state index contributed by atoms with van der Waals surface area (Å²) in [6.45, 7) is 6.82. The van der Waals surface area contributed by atoms with Gasteiger partial charge in [-0.05, 0) is 49.9 Å². The minimum absolute atomic E-state index is 0.0360. The van der Waals surface area contributed by atoms with Crippen LogP contribution < -0.4 is 10.2 Å². The quantitative estimate of drug-likeness (QED) is 0.803. The standard InChI is InChI=1S/C25H31N3O3/c1-19-24(30)28(22-9-4-3-5-10-22)18-25(31-19)13-16-27(17-14-25)15-12-21-8-6-7-11-23(21)26-20(2)29/h3-11,19H,12-18H2,1-2H3,(H,26,29). The molecule has 2 saturated heterocycles. The highest BCUT2D eigenvalue weighted by atomic mass is 16.5. The number of morpholine rings is 1. The molecule has 0 aromatic heterocycles. The Morgan fingerprint density at radius 1 is 1.10 bits per heavy atom. The first-order valence-electron chi connectivity index (χ1n) is 11.1. The maximum atomic E-state index is 12.7. The number of carbonyl (C=O) groups excluding carboxylic acids is 2. The van der Waals surface area contributed by atoms with E-state index in [1.165, 1.54) is 6.92 Å². The van der Waals surface area contributed by atoms with Crippen molar-refractivity contribution in [2.45, 2.75) is 44.8 Å². The molecule has 0 bridgehead atoms. The highest BCUT2D eigenvalue weighted by molar-refractivity contribution is 5.97. The van der Waals surface area contributed by atoms with Gasteiger partial charge in [0.1, 0.15) is 6.10 Å². The molecule has 2 aromatic carbocycles. The van der Waals surface area contributed by atoms with Crippen LogP contribution in [0.3, 0.4) is 0 Å². The first kappa shape index (κ1) is 21.5. The van der Waals surface area contributed by atoms with Gasteiger partial charge in [0.25, 0.3) is 5.91 Å². The lowest BCUT2D eigenvalue weighted by Crippen LogP contribution is -2.61. The molecule has 4 rings (SSSR count). The highest BCUT2D eigenvalue weighted by Gasteiger charge is 2.45. The lowest BCUT2D eigenvalue weighted by Gasteiger charge is -2.49. The highest BCUT2D eigenvalue weighted by Crippen LogP contribution is 2.35. The monoisotopic (exact) mass is 421 g/mol. The van der Waals surface area contributed by atoms with Gasteiger partial charge in [-0.3, -0.25) is 9.59 Å². The van der Waals surface area contributed by atoms with Gasteiger partial charge in [0, 0.05) is 37.9 Å². The zero-order valence-electron chi connectivity index (χ0n) is 18.3. The molecular formula is C25H31N3O3. The molecule has 2 heterocycles. The Labute approximate surface area is 184 Å². The molecule has 2 fully saturated rings. The third-order valence-corrected chi connectivity index (χ3v) is 6.35. The average molecular weight is 422 g/mol. The van der Waals surface area contributed by atoms with Crippen molar-refractivity contribution in [2.75, 3.05) is 36.4 Å².